The standard InChI is InChI=1S/C11H20N2O2S/c12-7-9-3-1-2-4-11(9)13-10-5-6-16(14,15)8-10/h5-6,9-11,13H,1-4,7-8,12H2. The molecule has 1 fully saturated rings. The Bertz CT molecular complexity index is 364. The molecule has 4 nitrogen and oxygen atoms in total. The first-order chi connectivity index (χ1) is 7.61. The van der Waals surface area contributed by atoms with Crippen molar-refractivity contribution in [3.63, 3.8) is 0 Å². The molecule has 0 aromatic rings. The van der Waals surface area contributed by atoms with Crippen LogP contribution in [0, 0.1) is 5.92 Å². The van der Waals surface area contributed by atoms with Gasteiger partial charge in [-0.1, -0.05) is 18.9 Å². The van der Waals surface area contributed by atoms with E-state index in [1.807, 2.05) is 0 Å². The average Bonchev–Trinajstić information content (AvgIpc) is 2.59. The van der Waals surface area contributed by atoms with E-state index in [1.54, 1.807) is 6.08 Å². The van der Waals surface area contributed by atoms with Crippen LogP contribution in [-0.2, 0) is 9.84 Å². The molecule has 0 aromatic carbocycles. The van der Waals surface area contributed by atoms with Gasteiger partial charge in [-0.05, 0) is 25.3 Å². The highest BCUT2D eigenvalue weighted by atomic mass is 32.2. The van der Waals surface area contributed by atoms with E-state index in [0.29, 0.717) is 18.5 Å². The van der Waals surface area contributed by atoms with Crippen molar-refractivity contribution in [1.29, 1.82) is 0 Å². The first-order valence-electron chi connectivity index (χ1n) is 5.98. The smallest absolute Gasteiger partial charge is 0.173 e. The second-order valence-electron chi connectivity index (χ2n) is 4.82. The number of hydrogen-bond acceptors (Lipinski definition) is 4. The molecule has 3 atom stereocenters. The fraction of sp³-hybridized carbons (Fsp3) is 0.818. The summed E-state index contributed by atoms with van der Waals surface area (Å²) in [6.45, 7) is 0.695. The summed E-state index contributed by atoms with van der Waals surface area (Å²) in [4.78, 5) is 0. The highest BCUT2D eigenvalue weighted by molar-refractivity contribution is 7.94. The second kappa shape index (κ2) is 4.85. The SMILES string of the molecule is NCC1CCCCC1NC1C=CS(=O)(=O)C1. The van der Waals surface area contributed by atoms with Crippen LogP contribution in [0.4, 0.5) is 0 Å². The van der Waals surface area contributed by atoms with E-state index in [2.05, 4.69) is 5.32 Å². The molecule has 3 N–H and O–H groups in total. The number of hydrogen-bond donors (Lipinski definition) is 2. The molecule has 1 heterocycles. The monoisotopic (exact) mass is 244 g/mol. The van der Waals surface area contributed by atoms with Crippen molar-refractivity contribution in [1.82, 2.24) is 5.32 Å². The lowest BCUT2D eigenvalue weighted by Crippen LogP contribution is -2.46. The van der Waals surface area contributed by atoms with Gasteiger partial charge in [-0.15, -0.1) is 0 Å². The van der Waals surface area contributed by atoms with Gasteiger partial charge in [0.25, 0.3) is 0 Å². The predicted molar refractivity (Wildman–Crippen MR) is 64.7 cm³/mol. The maximum Gasteiger partial charge on any atom is 0.173 e. The van der Waals surface area contributed by atoms with Crippen LogP contribution in [0.1, 0.15) is 25.7 Å². The molecule has 1 saturated carbocycles. The summed E-state index contributed by atoms with van der Waals surface area (Å²) in [6, 6.07) is 0.379. The molecule has 3 unspecified atom stereocenters. The maximum absolute atomic E-state index is 11.3. The van der Waals surface area contributed by atoms with Gasteiger partial charge in [0, 0.05) is 17.5 Å². The Morgan fingerprint density at radius 1 is 1.31 bits per heavy atom. The van der Waals surface area contributed by atoms with Crippen molar-refractivity contribution in [3.8, 4) is 0 Å². The molecule has 0 bridgehead atoms. The van der Waals surface area contributed by atoms with Crippen LogP contribution in [0.5, 0.6) is 0 Å². The summed E-state index contributed by atoms with van der Waals surface area (Å²) >= 11 is 0. The number of nitrogens with one attached hydrogen (secondary N) is 1. The lowest BCUT2D eigenvalue weighted by Gasteiger charge is -2.33. The van der Waals surface area contributed by atoms with Gasteiger partial charge in [0.05, 0.1) is 5.75 Å². The zero-order valence-corrected chi connectivity index (χ0v) is 10.2. The van der Waals surface area contributed by atoms with Crippen LogP contribution in [0.15, 0.2) is 11.5 Å². The van der Waals surface area contributed by atoms with Gasteiger partial charge in [-0.3, -0.25) is 0 Å². The minimum absolute atomic E-state index is 0.0119. The second-order valence-corrected chi connectivity index (χ2v) is 6.75. The Morgan fingerprint density at radius 2 is 2.06 bits per heavy atom. The summed E-state index contributed by atoms with van der Waals surface area (Å²) in [6.07, 6.45) is 6.51. The Hall–Kier alpha value is -0.390. The van der Waals surface area contributed by atoms with E-state index in [0.717, 1.165) is 12.8 Å². The van der Waals surface area contributed by atoms with E-state index in [-0.39, 0.29) is 11.8 Å². The van der Waals surface area contributed by atoms with Crippen LogP contribution in [0.2, 0.25) is 0 Å². The maximum atomic E-state index is 11.3. The Kier molecular flexibility index (Phi) is 3.66. The van der Waals surface area contributed by atoms with Crippen molar-refractivity contribution in [3.05, 3.63) is 11.5 Å². The van der Waals surface area contributed by atoms with Gasteiger partial charge in [0.1, 0.15) is 0 Å². The predicted octanol–water partition coefficient (Wildman–Crippen LogP) is 0.404. The highest BCUT2D eigenvalue weighted by Crippen LogP contribution is 2.24. The first kappa shape index (κ1) is 12.1. The van der Waals surface area contributed by atoms with Gasteiger partial charge >= 0.3 is 0 Å². The largest absolute Gasteiger partial charge is 0.330 e. The molecule has 92 valence electrons. The lowest BCUT2D eigenvalue weighted by molar-refractivity contribution is 0.262. The van der Waals surface area contributed by atoms with E-state index < -0.39 is 9.84 Å². The third kappa shape index (κ3) is 2.84. The van der Waals surface area contributed by atoms with E-state index in [4.69, 9.17) is 5.73 Å². The molecule has 2 aliphatic rings. The Labute approximate surface area is 97.2 Å². The minimum Gasteiger partial charge on any atom is -0.330 e. The summed E-state index contributed by atoms with van der Waals surface area (Å²) in [5.74, 6) is 0.714. The first-order valence-corrected chi connectivity index (χ1v) is 7.69. The van der Waals surface area contributed by atoms with Gasteiger partial charge in [0.2, 0.25) is 0 Å². The Balaban J connectivity index is 1.92. The zero-order chi connectivity index (χ0) is 11.6. The molecule has 0 radical (unpaired) electrons. The normalized spacial score (nSPS) is 37.7. The molecule has 0 spiro atoms. The molecule has 1 aliphatic carbocycles. The fourth-order valence-electron chi connectivity index (χ4n) is 2.66. The van der Waals surface area contributed by atoms with E-state index >= 15 is 0 Å². The van der Waals surface area contributed by atoms with Gasteiger partial charge in [-0.25, -0.2) is 8.42 Å². The molecule has 1 aliphatic heterocycles. The van der Waals surface area contributed by atoms with Gasteiger partial charge in [-0.2, -0.15) is 0 Å². The highest BCUT2D eigenvalue weighted by Gasteiger charge is 2.28. The molecule has 2 rings (SSSR count). The quantitative estimate of drug-likeness (QED) is 0.754. The number of rotatable bonds is 3. The van der Waals surface area contributed by atoms with Crippen molar-refractivity contribution in [2.24, 2.45) is 11.7 Å². The molecular formula is C11H20N2O2S. The molecule has 0 aromatic heterocycles. The lowest BCUT2D eigenvalue weighted by atomic mass is 9.84. The van der Waals surface area contributed by atoms with Crippen LogP contribution < -0.4 is 11.1 Å². The van der Waals surface area contributed by atoms with Crippen LogP contribution >= 0.6 is 0 Å². The van der Waals surface area contributed by atoms with Crippen LogP contribution in [0.25, 0.3) is 0 Å². The molecular weight excluding hydrogens is 224 g/mol. The van der Waals surface area contributed by atoms with Crippen molar-refractivity contribution >= 4 is 9.84 Å². The molecule has 5 heteroatoms. The minimum atomic E-state index is -2.94. The number of nitrogens with two attached hydrogens (primary N) is 1. The van der Waals surface area contributed by atoms with Crippen molar-refractivity contribution < 1.29 is 8.42 Å². The fourth-order valence-corrected chi connectivity index (χ4v) is 3.91. The van der Waals surface area contributed by atoms with Crippen molar-refractivity contribution in [2.45, 2.75) is 37.8 Å². The van der Waals surface area contributed by atoms with Crippen LogP contribution in [0.3, 0.4) is 0 Å². The summed E-state index contributed by atoms with van der Waals surface area (Å²) < 4.78 is 22.6. The van der Waals surface area contributed by atoms with Gasteiger partial charge in [0.15, 0.2) is 9.84 Å². The summed E-state index contributed by atoms with van der Waals surface area (Å²) in [7, 11) is -2.94. The summed E-state index contributed by atoms with van der Waals surface area (Å²) in [5, 5.41) is 4.75. The van der Waals surface area contributed by atoms with E-state index in [1.165, 1.54) is 18.2 Å². The Morgan fingerprint density at radius 3 is 2.69 bits per heavy atom. The zero-order valence-electron chi connectivity index (χ0n) is 9.43. The topological polar surface area (TPSA) is 72.2 Å². The van der Waals surface area contributed by atoms with Crippen molar-refractivity contribution in [2.75, 3.05) is 12.3 Å². The third-order valence-corrected chi connectivity index (χ3v) is 4.97. The molecule has 16 heavy (non-hydrogen) atoms. The van der Waals surface area contributed by atoms with E-state index in [9.17, 15) is 8.42 Å². The number of sulfone groups is 1. The van der Waals surface area contributed by atoms with Gasteiger partial charge < -0.3 is 11.1 Å². The average molecular weight is 244 g/mol. The summed E-state index contributed by atoms with van der Waals surface area (Å²) in [5.41, 5.74) is 5.74. The molecule has 0 saturated heterocycles. The third-order valence-electron chi connectivity index (χ3n) is 3.57. The van der Waals surface area contributed by atoms with Crippen LogP contribution in [-0.4, -0.2) is 32.8 Å². The molecule has 0 amide bonds.